The molecule has 0 bridgehead atoms. The summed E-state index contributed by atoms with van der Waals surface area (Å²) in [6.45, 7) is 14.5. The summed E-state index contributed by atoms with van der Waals surface area (Å²) >= 11 is 1.59. The van der Waals surface area contributed by atoms with Gasteiger partial charge in [-0.05, 0) is 60.8 Å². The number of thiazole rings is 1. The number of likely N-dealkylation sites (tertiary alicyclic amines) is 1. The standard InChI is InChI=1S/C59H77N9O5S/c1-41-53(56-62-49(45-21-15-13-16-22-45)37-52(68(56)64-41)66-31-29-65(30-32-66)33-34-69)47-23-18-20-43(35-47)19-14-11-9-7-6-8-10-12-17-24-51(71)63-55(59(3,4)5)58(73)67-39-48(70)36-50(67)57(72)60-38-44-25-27-46(28-26-44)54-42(2)61-40-74-54/h13,15-16,18,20-23,25-28,35,37,40,48,50,55,69-70H,6-12,14,17,19,24,29-34,36,38-39H2,1-5H3,(H,60,72)(H,63,71)/t48-,50+,55-/m1/s1. The maximum absolute atomic E-state index is 14.1. The number of β-amino-alcohol motifs (C(OH)–C–C–N with tert-alkyl or cyclic N) is 2. The highest BCUT2D eigenvalue weighted by Gasteiger charge is 2.44. The van der Waals surface area contributed by atoms with Gasteiger partial charge in [0, 0.05) is 75.8 Å². The molecule has 3 atom stereocenters. The number of fused-ring (bicyclic) bond motifs is 1. The number of piperazine rings is 1. The molecule has 3 amide bonds. The Morgan fingerprint density at radius 1 is 0.784 bits per heavy atom. The van der Waals surface area contributed by atoms with Gasteiger partial charge in [0.15, 0.2) is 5.65 Å². The number of carbonyl (C=O) groups excluding carboxylic acids is 3. The van der Waals surface area contributed by atoms with Crippen molar-refractivity contribution in [2.45, 2.75) is 136 Å². The topological polar surface area (TPSA) is 169 Å². The summed E-state index contributed by atoms with van der Waals surface area (Å²) in [4.78, 5) is 57.7. The Labute approximate surface area is 441 Å². The Balaban J connectivity index is 0.748. The second kappa shape index (κ2) is 25.5. The van der Waals surface area contributed by atoms with Crippen LogP contribution >= 0.6 is 11.3 Å². The fourth-order valence-corrected chi connectivity index (χ4v) is 11.3. The first-order chi connectivity index (χ1) is 35.8. The van der Waals surface area contributed by atoms with Crippen molar-refractivity contribution in [2.75, 3.05) is 50.8 Å². The normalized spacial score (nSPS) is 16.7. The lowest BCUT2D eigenvalue weighted by Crippen LogP contribution is -2.57. The van der Waals surface area contributed by atoms with Gasteiger partial charge in [-0.1, -0.05) is 145 Å². The molecule has 74 heavy (non-hydrogen) atoms. The van der Waals surface area contributed by atoms with Crippen LogP contribution in [0.4, 0.5) is 5.82 Å². The third kappa shape index (κ3) is 13.8. The molecule has 5 heterocycles. The number of nitrogens with zero attached hydrogens (tertiary/aromatic N) is 7. The second-order valence-electron chi connectivity index (χ2n) is 21.4. The van der Waals surface area contributed by atoms with Crippen LogP contribution in [0.5, 0.6) is 0 Å². The van der Waals surface area contributed by atoms with Crippen LogP contribution < -0.4 is 15.5 Å². The van der Waals surface area contributed by atoms with E-state index in [2.05, 4.69) is 86.9 Å². The minimum Gasteiger partial charge on any atom is -0.395 e. The molecule has 3 aromatic heterocycles. The van der Waals surface area contributed by atoms with E-state index in [4.69, 9.17) is 10.1 Å². The highest BCUT2D eigenvalue weighted by atomic mass is 32.1. The van der Waals surface area contributed by atoms with Crippen molar-refractivity contribution in [1.82, 2.24) is 40.0 Å². The van der Waals surface area contributed by atoms with E-state index in [0.29, 0.717) is 19.5 Å². The molecule has 14 nitrogen and oxygen atoms in total. The molecule has 0 unspecified atom stereocenters. The molecule has 2 aliphatic rings. The van der Waals surface area contributed by atoms with Crippen molar-refractivity contribution < 1.29 is 24.6 Å². The van der Waals surface area contributed by atoms with E-state index in [0.717, 1.165) is 126 Å². The van der Waals surface area contributed by atoms with Crippen LogP contribution in [-0.4, -0.2) is 121 Å². The van der Waals surface area contributed by atoms with E-state index in [1.54, 1.807) is 11.3 Å². The molecule has 2 saturated heterocycles. The summed E-state index contributed by atoms with van der Waals surface area (Å²) in [5, 5.41) is 31.2. The highest BCUT2D eigenvalue weighted by molar-refractivity contribution is 7.13. The van der Waals surface area contributed by atoms with Crippen molar-refractivity contribution in [3.05, 3.63) is 113 Å². The number of amides is 3. The first-order valence-electron chi connectivity index (χ1n) is 27.0. The third-order valence-electron chi connectivity index (χ3n) is 14.7. The molecule has 394 valence electrons. The Hall–Kier alpha value is -6.00. The molecule has 8 rings (SSSR count). The van der Waals surface area contributed by atoms with Crippen molar-refractivity contribution in [3.63, 3.8) is 0 Å². The number of aliphatic hydroxyl groups is 2. The van der Waals surface area contributed by atoms with Gasteiger partial charge in [0.1, 0.15) is 17.9 Å². The predicted molar refractivity (Wildman–Crippen MR) is 296 cm³/mol. The van der Waals surface area contributed by atoms with Crippen LogP contribution in [0.1, 0.15) is 114 Å². The number of nitrogens with one attached hydrogen (secondary N) is 2. The molecular weight excluding hydrogens is 947 g/mol. The number of hydrogen-bond acceptors (Lipinski definition) is 11. The molecular formula is C59H77N9O5S. The zero-order valence-electron chi connectivity index (χ0n) is 44.2. The molecule has 3 aromatic carbocycles. The Morgan fingerprint density at radius 3 is 2.15 bits per heavy atom. The summed E-state index contributed by atoms with van der Waals surface area (Å²) in [5.41, 5.74) is 11.6. The van der Waals surface area contributed by atoms with Gasteiger partial charge in [-0.3, -0.25) is 19.3 Å². The third-order valence-corrected chi connectivity index (χ3v) is 15.7. The Morgan fingerprint density at radius 2 is 1.47 bits per heavy atom. The fourth-order valence-electron chi connectivity index (χ4n) is 10.5. The SMILES string of the molecule is Cc1ncsc1-c1ccc(CNC(=O)[C@@H]2C[C@@H](O)CN2C(=O)[C@@H](NC(=O)CCCCCCCCCCCc2cccc(-c3c(C)nn4c(N5CCN(CCO)CC5)cc(-c5ccccc5)nc34)c2)C(C)(C)C)cc1. The monoisotopic (exact) mass is 1020 g/mol. The molecule has 2 aliphatic heterocycles. The minimum atomic E-state index is -0.834. The van der Waals surface area contributed by atoms with E-state index < -0.39 is 23.6 Å². The quantitative estimate of drug-likeness (QED) is 0.0455. The maximum atomic E-state index is 14.1. The predicted octanol–water partition coefficient (Wildman–Crippen LogP) is 9.17. The number of unbranched alkanes of at least 4 members (excludes halogenated alkanes) is 8. The average Bonchev–Trinajstić information content (AvgIpc) is 4.12. The van der Waals surface area contributed by atoms with E-state index in [-0.39, 0.29) is 37.3 Å². The number of aromatic nitrogens is 4. The van der Waals surface area contributed by atoms with Crippen molar-refractivity contribution in [3.8, 4) is 32.8 Å². The molecule has 0 spiro atoms. The number of aryl methyl sites for hydroxylation is 3. The lowest BCUT2D eigenvalue weighted by molar-refractivity contribution is -0.144. The first-order valence-corrected chi connectivity index (χ1v) is 27.8. The molecule has 0 radical (unpaired) electrons. The molecule has 2 fully saturated rings. The number of anilines is 1. The zero-order valence-corrected chi connectivity index (χ0v) is 45.0. The number of rotatable bonds is 23. The van der Waals surface area contributed by atoms with Gasteiger partial charge in [-0.2, -0.15) is 9.61 Å². The van der Waals surface area contributed by atoms with Gasteiger partial charge in [0.25, 0.3) is 0 Å². The fraction of sp³-hybridized carbons (Fsp3) is 0.492. The van der Waals surface area contributed by atoms with E-state index in [9.17, 15) is 24.6 Å². The lowest BCUT2D eigenvalue weighted by Gasteiger charge is -2.35. The van der Waals surface area contributed by atoms with Crippen LogP contribution in [0.3, 0.4) is 0 Å². The summed E-state index contributed by atoms with van der Waals surface area (Å²) in [6.07, 6.45) is 10.4. The van der Waals surface area contributed by atoms with Gasteiger partial charge in [0.2, 0.25) is 17.7 Å². The van der Waals surface area contributed by atoms with Gasteiger partial charge in [0.05, 0.1) is 40.2 Å². The van der Waals surface area contributed by atoms with Crippen LogP contribution in [0.25, 0.3) is 38.5 Å². The molecule has 4 N–H and O–H groups in total. The van der Waals surface area contributed by atoms with Gasteiger partial charge in [-0.15, -0.1) is 11.3 Å². The van der Waals surface area contributed by atoms with Crippen LogP contribution in [-0.2, 0) is 27.3 Å². The Kier molecular flexibility index (Phi) is 18.7. The van der Waals surface area contributed by atoms with E-state index in [1.807, 2.05) is 68.1 Å². The summed E-state index contributed by atoms with van der Waals surface area (Å²) in [7, 11) is 0. The minimum absolute atomic E-state index is 0.0457. The van der Waals surface area contributed by atoms with Crippen LogP contribution in [0.2, 0.25) is 0 Å². The summed E-state index contributed by atoms with van der Waals surface area (Å²) in [5.74, 6) is 0.215. The highest BCUT2D eigenvalue weighted by Crippen LogP contribution is 2.34. The van der Waals surface area contributed by atoms with Crippen LogP contribution in [0.15, 0.2) is 90.4 Å². The van der Waals surface area contributed by atoms with Crippen molar-refractivity contribution >= 4 is 40.5 Å². The Bertz CT molecular complexity index is 2800. The molecule has 0 saturated carbocycles. The number of carbonyl (C=O) groups is 3. The zero-order chi connectivity index (χ0) is 52.2. The number of aliphatic hydroxyl groups excluding tert-OH is 2. The average molecular weight is 1020 g/mol. The second-order valence-corrected chi connectivity index (χ2v) is 22.3. The summed E-state index contributed by atoms with van der Waals surface area (Å²) in [6, 6.07) is 27.8. The van der Waals surface area contributed by atoms with Gasteiger partial charge in [-0.25, -0.2) is 9.97 Å². The number of hydrogen-bond donors (Lipinski definition) is 4. The molecule has 6 aromatic rings. The smallest absolute Gasteiger partial charge is 0.246 e. The van der Waals surface area contributed by atoms with Crippen LogP contribution in [0, 0.1) is 19.3 Å². The lowest BCUT2D eigenvalue weighted by atomic mass is 9.85. The molecule has 0 aliphatic carbocycles. The molecule has 15 heteroatoms. The van der Waals surface area contributed by atoms with Crippen molar-refractivity contribution in [2.24, 2.45) is 5.41 Å². The first kappa shape index (κ1) is 54.3. The van der Waals surface area contributed by atoms with Gasteiger partial charge >= 0.3 is 0 Å². The van der Waals surface area contributed by atoms with Gasteiger partial charge < -0.3 is 30.6 Å². The van der Waals surface area contributed by atoms with E-state index >= 15 is 0 Å². The summed E-state index contributed by atoms with van der Waals surface area (Å²) < 4.78 is 2.03. The van der Waals surface area contributed by atoms with E-state index in [1.165, 1.54) is 36.1 Å². The number of benzene rings is 3. The maximum Gasteiger partial charge on any atom is 0.246 e. The van der Waals surface area contributed by atoms with Crippen molar-refractivity contribution in [1.29, 1.82) is 0 Å². The largest absolute Gasteiger partial charge is 0.395 e.